The smallest absolute Gasteiger partial charge is 0.227 e. The van der Waals surface area contributed by atoms with Crippen LogP contribution >= 0.6 is 0 Å². The van der Waals surface area contributed by atoms with Gasteiger partial charge in [0.2, 0.25) is 5.95 Å². The third-order valence-corrected chi connectivity index (χ3v) is 5.24. The molecule has 0 N–H and O–H groups in total. The van der Waals surface area contributed by atoms with Gasteiger partial charge in [0, 0.05) is 52.0 Å². The lowest BCUT2D eigenvalue weighted by Crippen LogP contribution is -2.46. The average molecular weight is 387 g/mol. The molecular formula is C20H26FN5O2. The fourth-order valence-corrected chi connectivity index (χ4v) is 3.63. The van der Waals surface area contributed by atoms with Crippen molar-refractivity contribution in [3.05, 3.63) is 41.8 Å². The van der Waals surface area contributed by atoms with Crippen molar-refractivity contribution in [2.24, 2.45) is 0 Å². The van der Waals surface area contributed by atoms with Crippen LogP contribution in [0.2, 0.25) is 0 Å². The molecule has 150 valence electrons. The Balaban J connectivity index is 1.34. The highest BCUT2D eigenvalue weighted by Gasteiger charge is 2.20. The molecule has 2 aromatic rings. The summed E-state index contributed by atoms with van der Waals surface area (Å²) in [5.74, 6) is 1.72. The number of morpholine rings is 1. The highest BCUT2D eigenvalue weighted by molar-refractivity contribution is 5.44. The lowest BCUT2D eigenvalue weighted by molar-refractivity contribution is 0.122. The Morgan fingerprint density at radius 2 is 1.82 bits per heavy atom. The summed E-state index contributed by atoms with van der Waals surface area (Å²) in [6.07, 6.45) is 1.83. The van der Waals surface area contributed by atoms with Crippen LogP contribution in [0.3, 0.4) is 0 Å². The first-order chi connectivity index (χ1) is 13.7. The maximum absolute atomic E-state index is 13.9. The van der Waals surface area contributed by atoms with Crippen molar-refractivity contribution in [1.82, 2.24) is 14.9 Å². The number of nitrogens with zero attached hydrogens (tertiary/aromatic N) is 5. The van der Waals surface area contributed by atoms with Crippen LogP contribution in [0.25, 0.3) is 0 Å². The summed E-state index contributed by atoms with van der Waals surface area (Å²) in [4.78, 5) is 16.0. The number of methoxy groups -OCH3 is 1. The Kier molecular flexibility index (Phi) is 5.87. The summed E-state index contributed by atoms with van der Waals surface area (Å²) in [6, 6.07) is 7.14. The molecule has 0 aliphatic carbocycles. The molecule has 0 amide bonds. The Hall–Kier alpha value is -2.45. The summed E-state index contributed by atoms with van der Waals surface area (Å²) in [5, 5.41) is 0. The number of ether oxygens (including phenoxy) is 2. The molecule has 0 unspecified atom stereocenters. The fourth-order valence-electron chi connectivity index (χ4n) is 3.63. The fraction of sp³-hybridized carbons (Fsp3) is 0.500. The van der Waals surface area contributed by atoms with Crippen molar-refractivity contribution in [2.45, 2.75) is 6.54 Å². The van der Waals surface area contributed by atoms with E-state index >= 15 is 0 Å². The Labute approximate surface area is 164 Å². The molecule has 0 saturated carbocycles. The maximum atomic E-state index is 13.9. The van der Waals surface area contributed by atoms with Crippen LogP contribution in [0.4, 0.5) is 16.2 Å². The molecule has 7 nitrogen and oxygen atoms in total. The molecule has 1 aromatic carbocycles. The van der Waals surface area contributed by atoms with Gasteiger partial charge in [-0.2, -0.15) is 4.98 Å². The van der Waals surface area contributed by atoms with Gasteiger partial charge in [-0.3, -0.25) is 4.90 Å². The van der Waals surface area contributed by atoms with E-state index in [1.54, 1.807) is 12.1 Å². The number of anilines is 2. The highest BCUT2D eigenvalue weighted by atomic mass is 19.1. The first-order valence-electron chi connectivity index (χ1n) is 9.68. The van der Waals surface area contributed by atoms with Crippen LogP contribution in [0.5, 0.6) is 5.75 Å². The van der Waals surface area contributed by atoms with Gasteiger partial charge < -0.3 is 19.3 Å². The van der Waals surface area contributed by atoms with E-state index < -0.39 is 0 Å². The predicted octanol–water partition coefficient (Wildman–Crippen LogP) is 1.78. The summed E-state index contributed by atoms with van der Waals surface area (Å²) in [5.41, 5.74) is 0.961. The molecule has 0 atom stereocenters. The SMILES string of the molecule is COc1ccc(CN2CCN(c3ccnc(N4CCOCC4)n3)CC2)cc1F. The van der Waals surface area contributed by atoms with E-state index in [0.717, 1.165) is 76.4 Å². The molecule has 2 saturated heterocycles. The van der Waals surface area contributed by atoms with Crippen LogP contribution < -0.4 is 14.5 Å². The molecule has 0 spiro atoms. The standard InChI is InChI=1S/C20H26FN5O2/c1-27-18-3-2-16(14-17(18)21)15-24-6-8-25(9-7-24)19-4-5-22-20(23-19)26-10-12-28-13-11-26/h2-5,14H,6-13,15H2,1H3. The van der Waals surface area contributed by atoms with Crippen molar-refractivity contribution in [3.8, 4) is 5.75 Å². The zero-order valence-electron chi connectivity index (χ0n) is 16.2. The summed E-state index contributed by atoms with van der Waals surface area (Å²) in [6.45, 7) is 7.42. The first-order valence-corrected chi connectivity index (χ1v) is 9.68. The monoisotopic (exact) mass is 387 g/mol. The van der Waals surface area contributed by atoms with Gasteiger partial charge in [0.15, 0.2) is 11.6 Å². The molecule has 3 heterocycles. The summed E-state index contributed by atoms with van der Waals surface area (Å²) >= 11 is 0. The molecule has 28 heavy (non-hydrogen) atoms. The normalized spacial score (nSPS) is 18.4. The number of piperazine rings is 1. The molecule has 2 aliphatic heterocycles. The predicted molar refractivity (Wildman–Crippen MR) is 106 cm³/mol. The van der Waals surface area contributed by atoms with Crippen molar-refractivity contribution in [1.29, 1.82) is 0 Å². The number of aromatic nitrogens is 2. The minimum atomic E-state index is -0.310. The van der Waals surface area contributed by atoms with Gasteiger partial charge in [-0.05, 0) is 23.8 Å². The van der Waals surface area contributed by atoms with Crippen molar-refractivity contribution < 1.29 is 13.9 Å². The lowest BCUT2D eigenvalue weighted by Gasteiger charge is -2.36. The molecule has 2 fully saturated rings. The number of benzene rings is 1. The minimum absolute atomic E-state index is 0.286. The largest absolute Gasteiger partial charge is 0.494 e. The van der Waals surface area contributed by atoms with Crippen molar-refractivity contribution in [3.63, 3.8) is 0 Å². The molecule has 0 bridgehead atoms. The van der Waals surface area contributed by atoms with Crippen LogP contribution in [-0.2, 0) is 11.3 Å². The molecule has 0 radical (unpaired) electrons. The molecular weight excluding hydrogens is 361 g/mol. The van der Waals surface area contributed by atoms with E-state index in [4.69, 9.17) is 14.5 Å². The van der Waals surface area contributed by atoms with E-state index in [-0.39, 0.29) is 11.6 Å². The van der Waals surface area contributed by atoms with Crippen molar-refractivity contribution in [2.75, 3.05) is 69.4 Å². The van der Waals surface area contributed by atoms with E-state index in [1.165, 1.54) is 7.11 Å². The maximum Gasteiger partial charge on any atom is 0.227 e. The molecule has 4 rings (SSSR count). The van der Waals surface area contributed by atoms with Crippen LogP contribution in [0.15, 0.2) is 30.5 Å². The van der Waals surface area contributed by atoms with E-state index in [2.05, 4.69) is 19.7 Å². The summed E-state index contributed by atoms with van der Waals surface area (Å²) < 4.78 is 24.3. The second-order valence-corrected chi connectivity index (χ2v) is 7.05. The summed E-state index contributed by atoms with van der Waals surface area (Å²) in [7, 11) is 1.48. The molecule has 1 aromatic heterocycles. The molecule has 8 heteroatoms. The van der Waals surface area contributed by atoms with E-state index in [9.17, 15) is 4.39 Å². The van der Waals surface area contributed by atoms with Gasteiger partial charge in [0.1, 0.15) is 5.82 Å². The van der Waals surface area contributed by atoms with E-state index in [0.29, 0.717) is 0 Å². The lowest BCUT2D eigenvalue weighted by atomic mass is 10.2. The van der Waals surface area contributed by atoms with Gasteiger partial charge in [0.25, 0.3) is 0 Å². The average Bonchev–Trinajstić information content (AvgIpc) is 2.75. The third-order valence-electron chi connectivity index (χ3n) is 5.24. The van der Waals surface area contributed by atoms with Gasteiger partial charge in [-0.1, -0.05) is 6.07 Å². The zero-order chi connectivity index (χ0) is 19.3. The van der Waals surface area contributed by atoms with Crippen molar-refractivity contribution >= 4 is 11.8 Å². The highest BCUT2D eigenvalue weighted by Crippen LogP contribution is 2.21. The van der Waals surface area contributed by atoms with E-state index in [1.807, 2.05) is 18.3 Å². The van der Waals surface area contributed by atoms with Crippen LogP contribution in [0, 0.1) is 5.82 Å². The van der Waals surface area contributed by atoms with Gasteiger partial charge in [-0.25, -0.2) is 9.37 Å². The zero-order valence-corrected chi connectivity index (χ0v) is 16.2. The topological polar surface area (TPSA) is 54.0 Å². The molecule has 2 aliphatic rings. The number of hydrogen-bond donors (Lipinski definition) is 0. The first kappa shape index (κ1) is 18.9. The van der Waals surface area contributed by atoms with Gasteiger partial charge in [-0.15, -0.1) is 0 Å². The Morgan fingerprint density at radius 1 is 1.04 bits per heavy atom. The Bertz CT molecular complexity index is 792. The number of hydrogen-bond acceptors (Lipinski definition) is 7. The van der Waals surface area contributed by atoms with Gasteiger partial charge in [0.05, 0.1) is 20.3 Å². The van der Waals surface area contributed by atoms with Crippen LogP contribution in [-0.4, -0.2) is 74.5 Å². The number of rotatable bonds is 5. The second kappa shape index (κ2) is 8.70. The second-order valence-electron chi connectivity index (χ2n) is 7.05. The quantitative estimate of drug-likeness (QED) is 0.775. The number of halogens is 1. The van der Waals surface area contributed by atoms with Crippen LogP contribution in [0.1, 0.15) is 5.56 Å². The third kappa shape index (κ3) is 4.34. The Morgan fingerprint density at radius 3 is 2.54 bits per heavy atom. The van der Waals surface area contributed by atoms with Gasteiger partial charge >= 0.3 is 0 Å². The minimum Gasteiger partial charge on any atom is -0.494 e.